The van der Waals surface area contributed by atoms with Crippen molar-refractivity contribution in [2.45, 2.75) is 12.3 Å². The number of carbonyl (C=O) groups excluding carboxylic acids is 1. The van der Waals surface area contributed by atoms with Crippen LogP contribution in [0.4, 0.5) is 0 Å². The van der Waals surface area contributed by atoms with Gasteiger partial charge in [0.2, 0.25) is 0 Å². The Morgan fingerprint density at radius 3 is 2.50 bits per heavy atom. The monoisotopic (exact) mass is 323 g/mol. The first-order chi connectivity index (χ1) is 8.70. The summed E-state index contributed by atoms with van der Waals surface area (Å²) in [7, 11) is 0. The lowest BCUT2D eigenvalue weighted by Gasteiger charge is -2.13. The van der Waals surface area contributed by atoms with Gasteiger partial charge in [-0.05, 0) is 33.6 Å². The minimum Gasteiger partial charge on any atom is -0.329 e. The lowest BCUT2D eigenvalue weighted by molar-refractivity contribution is -0.119. The molecule has 0 saturated heterocycles. The standard InChI is InChI=1S/C14H14BrNOS/c15-14-7-6-11(18-14)8-13(17)12(9-16)10-4-2-1-3-5-10/h1-7,12H,8-9,16H2. The van der Waals surface area contributed by atoms with Crippen LogP contribution in [0.5, 0.6) is 0 Å². The molecule has 94 valence electrons. The average molecular weight is 324 g/mol. The summed E-state index contributed by atoms with van der Waals surface area (Å²) in [4.78, 5) is 13.3. The van der Waals surface area contributed by atoms with E-state index in [4.69, 9.17) is 5.73 Å². The minimum atomic E-state index is -0.202. The number of thiophene rings is 1. The van der Waals surface area contributed by atoms with Gasteiger partial charge in [-0.1, -0.05) is 30.3 Å². The summed E-state index contributed by atoms with van der Waals surface area (Å²) in [6.45, 7) is 0.357. The van der Waals surface area contributed by atoms with Crippen molar-refractivity contribution in [1.82, 2.24) is 0 Å². The molecule has 0 fully saturated rings. The highest BCUT2D eigenvalue weighted by Gasteiger charge is 2.19. The summed E-state index contributed by atoms with van der Waals surface area (Å²) in [6.07, 6.45) is 0.451. The van der Waals surface area contributed by atoms with Crippen molar-refractivity contribution in [2.24, 2.45) is 5.73 Å². The van der Waals surface area contributed by atoms with Crippen LogP contribution in [-0.4, -0.2) is 12.3 Å². The Bertz CT molecular complexity index is 524. The molecule has 0 saturated carbocycles. The second-order valence-corrected chi connectivity index (χ2v) is 6.60. The molecule has 18 heavy (non-hydrogen) atoms. The third-order valence-electron chi connectivity index (χ3n) is 2.80. The number of nitrogens with two attached hydrogens (primary N) is 1. The average Bonchev–Trinajstić information content (AvgIpc) is 2.77. The largest absolute Gasteiger partial charge is 0.329 e. The molecular formula is C14H14BrNOS. The van der Waals surface area contributed by atoms with Gasteiger partial charge in [-0.15, -0.1) is 11.3 Å². The van der Waals surface area contributed by atoms with Crippen LogP contribution in [0.1, 0.15) is 16.4 Å². The Kier molecular flexibility index (Phi) is 4.69. The number of carbonyl (C=O) groups is 1. The smallest absolute Gasteiger partial charge is 0.146 e. The predicted molar refractivity (Wildman–Crippen MR) is 79.0 cm³/mol. The molecule has 1 aromatic heterocycles. The van der Waals surface area contributed by atoms with Crippen LogP contribution in [-0.2, 0) is 11.2 Å². The molecule has 2 N–H and O–H groups in total. The van der Waals surface area contributed by atoms with Gasteiger partial charge in [0, 0.05) is 17.8 Å². The highest BCUT2D eigenvalue weighted by molar-refractivity contribution is 9.11. The predicted octanol–water partition coefficient (Wildman–Crippen LogP) is 3.36. The number of benzene rings is 1. The summed E-state index contributed by atoms with van der Waals surface area (Å²) in [5, 5.41) is 0. The van der Waals surface area contributed by atoms with Crippen molar-refractivity contribution in [1.29, 1.82) is 0 Å². The molecule has 0 aliphatic rings. The summed E-state index contributed by atoms with van der Waals surface area (Å²) in [5.74, 6) is -0.0230. The zero-order chi connectivity index (χ0) is 13.0. The molecule has 1 aromatic carbocycles. The molecule has 0 radical (unpaired) electrons. The van der Waals surface area contributed by atoms with Crippen molar-refractivity contribution >= 4 is 33.0 Å². The molecule has 1 atom stereocenters. The fourth-order valence-electron chi connectivity index (χ4n) is 1.88. The summed E-state index contributed by atoms with van der Waals surface area (Å²) >= 11 is 5.00. The number of hydrogen-bond acceptors (Lipinski definition) is 3. The SMILES string of the molecule is NCC(C(=O)Cc1ccc(Br)s1)c1ccccc1. The van der Waals surface area contributed by atoms with Gasteiger partial charge in [0.25, 0.3) is 0 Å². The third kappa shape index (κ3) is 3.28. The molecule has 0 bridgehead atoms. The van der Waals surface area contributed by atoms with Gasteiger partial charge >= 0.3 is 0 Å². The van der Waals surface area contributed by atoms with E-state index in [2.05, 4.69) is 15.9 Å². The zero-order valence-corrected chi connectivity index (χ0v) is 12.2. The minimum absolute atomic E-state index is 0.179. The van der Waals surface area contributed by atoms with Crippen molar-refractivity contribution in [2.75, 3.05) is 6.54 Å². The van der Waals surface area contributed by atoms with Crippen molar-refractivity contribution in [3.63, 3.8) is 0 Å². The van der Waals surface area contributed by atoms with Crippen LogP contribution in [0.15, 0.2) is 46.3 Å². The van der Waals surface area contributed by atoms with E-state index in [-0.39, 0.29) is 11.7 Å². The van der Waals surface area contributed by atoms with Gasteiger partial charge in [0.15, 0.2) is 0 Å². The number of rotatable bonds is 5. The first-order valence-corrected chi connectivity index (χ1v) is 7.33. The number of hydrogen-bond donors (Lipinski definition) is 1. The molecule has 0 amide bonds. The molecule has 0 aliphatic heterocycles. The van der Waals surface area contributed by atoms with Crippen molar-refractivity contribution in [3.8, 4) is 0 Å². The topological polar surface area (TPSA) is 43.1 Å². The van der Waals surface area contributed by atoms with Crippen LogP contribution >= 0.6 is 27.3 Å². The maximum absolute atomic E-state index is 12.3. The van der Waals surface area contributed by atoms with Gasteiger partial charge < -0.3 is 5.73 Å². The van der Waals surface area contributed by atoms with E-state index in [0.29, 0.717) is 13.0 Å². The Balaban J connectivity index is 2.11. The Morgan fingerprint density at radius 2 is 1.94 bits per heavy atom. The van der Waals surface area contributed by atoms with Gasteiger partial charge in [-0.3, -0.25) is 4.79 Å². The van der Waals surface area contributed by atoms with E-state index in [1.807, 2.05) is 42.5 Å². The fraction of sp³-hybridized carbons (Fsp3) is 0.214. The highest BCUT2D eigenvalue weighted by Crippen LogP contribution is 2.25. The van der Waals surface area contributed by atoms with Gasteiger partial charge in [0.1, 0.15) is 5.78 Å². The first-order valence-electron chi connectivity index (χ1n) is 5.72. The molecule has 1 heterocycles. The molecule has 0 spiro atoms. The molecule has 2 aromatic rings. The number of halogens is 1. The molecule has 0 aliphatic carbocycles. The lowest BCUT2D eigenvalue weighted by Crippen LogP contribution is -2.22. The normalized spacial score (nSPS) is 12.3. The van der Waals surface area contributed by atoms with Crippen LogP contribution < -0.4 is 5.73 Å². The summed E-state index contributed by atoms with van der Waals surface area (Å²) in [6, 6.07) is 13.7. The third-order valence-corrected chi connectivity index (χ3v) is 4.43. The molecule has 1 unspecified atom stereocenters. The van der Waals surface area contributed by atoms with E-state index >= 15 is 0 Å². The van der Waals surface area contributed by atoms with Crippen LogP contribution in [0.3, 0.4) is 0 Å². The van der Waals surface area contributed by atoms with Gasteiger partial charge in [0.05, 0.1) is 9.70 Å². The second kappa shape index (κ2) is 6.27. The molecule has 2 rings (SSSR count). The second-order valence-electron chi connectivity index (χ2n) is 4.05. The van der Waals surface area contributed by atoms with E-state index in [0.717, 1.165) is 14.2 Å². The van der Waals surface area contributed by atoms with Gasteiger partial charge in [-0.2, -0.15) is 0 Å². The van der Waals surface area contributed by atoms with Crippen molar-refractivity contribution in [3.05, 3.63) is 56.7 Å². The van der Waals surface area contributed by atoms with Crippen molar-refractivity contribution < 1.29 is 4.79 Å². The molecule has 4 heteroatoms. The van der Waals surface area contributed by atoms with E-state index in [1.165, 1.54) is 0 Å². The van der Waals surface area contributed by atoms with E-state index in [9.17, 15) is 4.79 Å². The zero-order valence-electron chi connectivity index (χ0n) is 9.80. The maximum Gasteiger partial charge on any atom is 0.146 e. The Morgan fingerprint density at radius 1 is 1.22 bits per heavy atom. The lowest BCUT2D eigenvalue weighted by atomic mass is 9.93. The van der Waals surface area contributed by atoms with E-state index < -0.39 is 0 Å². The van der Waals surface area contributed by atoms with Crippen LogP contribution in [0.2, 0.25) is 0 Å². The number of ketones is 1. The van der Waals surface area contributed by atoms with Gasteiger partial charge in [-0.25, -0.2) is 0 Å². The van der Waals surface area contributed by atoms with Crippen LogP contribution in [0.25, 0.3) is 0 Å². The Hall–Kier alpha value is -0.970. The quantitative estimate of drug-likeness (QED) is 0.916. The summed E-state index contributed by atoms with van der Waals surface area (Å²) in [5.41, 5.74) is 6.74. The summed E-state index contributed by atoms with van der Waals surface area (Å²) < 4.78 is 1.05. The van der Waals surface area contributed by atoms with E-state index in [1.54, 1.807) is 11.3 Å². The fourth-order valence-corrected chi connectivity index (χ4v) is 3.37. The first kappa shape index (κ1) is 13.5. The highest BCUT2D eigenvalue weighted by atomic mass is 79.9. The number of Topliss-reactive ketones (excluding diaryl/α,β-unsaturated/α-hetero) is 1. The maximum atomic E-state index is 12.3. The molecule has 2 nitrogen and oxygen atoms in total. The van der Waals surface area contributed by atoms with Crippen LogP contribution in [0, 0.1) is 0 Å². The molecular weight excluding hydrogens is 310 g/mol. The Labute approximate surface area is 119 Å².